The van der Waals surface area contributed by atoms with Crippen LogP contribution in [0.5, 0.6) is 5.75 Å². The highest BCUT2D eigenvalue weighted by molar-refractivity contribution is 6.46. The minimum atomic E-state index is -0.844. The number of amides is 1. The van der Waals surface area contributed by atoms with Gasteiger partial charge in [-0.25, -0.2) is 0 Å². The average molecular weight is 438 g/mol. The molecule has 1 atom stereocenters. The Morgan fingerprint density at radius 2 is 1.75 bits per heavy atom. The SMILES string of the molecule is CCCCN1C(=O)C(=O)/C(=C(\O)c2ccc([N+](=O)[O-])cc2)C1c1ccc(OC(C)=O)cc1. The van der Waals surface area contributed by atoms with E-state index < -0.39 is 34.4 Å². The second-order valence-electron chi connectivity index (χ2n) is 7.31. The number of ketones is 1. The van der Waals surface area contributed by atoms with Crippen LogP contribution >= 0.6 is 0 Å². The maximum Gasteiger partial charge on any atom is 0.308 e. The summed E-state index contributed by atoms with van der Waals surface area (Å²) in [6.07, 6.45) is 1.45. The second-order valence-corrected chi connectivity index (χ2v) is 7.31. The fourth-order valence-electron chi connectivity index (χ4n) is 3.57. The van der Waals surface area contributed by atoms with Gasteiger partial charge < -0.3 is 14.7 Å². The van der Waals surface area contributed by atoms with Crippen molar-refractivity contribution in [1.82, 2.24) is 4.90 Å². The number of benzene rings is 2. The van der Waals surface area contributed by atoms with Crippen molar-refractivity contribution in [3.8, 4) is 5.75 Å². The van der Waals surface area contributed by atoms with Crippen molar-refractivity contribution in [3.05, 3.63) is 75.3 Å². The van der Waals surface area contributed by atoms with Crippen molar-refractivity contribution in [2.45, 2.75) is 32.7 Å². The third kappa shape index (κ3) is 4.51. The first kappa shape index (κ1) is 22.7. The normalized spacial score (nSPS) is 17.4. The largest absolute Gasteiger partial charge is 0.507 e. The van der Waals surface area contributed by atoms with E-state index in [2.05, 4.69) is 0 Å². The van der Waals surface area contributed by atoms with Gasteiger partial charge in [-0.3, -0.25) is 24.5 Å². The highest BCUT2D eigenvalue weighted by atomic mass is 16.6. The van der Waals surface area contributed by atoms with Gasteiger partial charge in [0.15, 0.2) is 0 Å². The highest BCUT2D eigenvalue weighted by Crippen LogP contribution is 2.40. The molecule has 0 radical (unpaired) electrons. The van der Waals surface area contributed by atoms with Crippen LogP contribution in [0.1, 0.15) is 43.9 Å². The summed E-state index contributed by atoms with van der Waals surface area (Å²) in [6, 6.07) is 10.6. The summed E-state index contributed by atoms with van der Waals surface area (Å²) in [4.78, 5) is 48.6. The second kappa shape index (κ2) is 9.42. The van der Waals surface area contributed by atoms with E-state index in [-0.39, 0.29) is 16.8 Å². The summed E-state index contributed by atoms with van der Waals surface area (Å²) in [5.41, 5.74) is 0.480. The number of ether oxygens (including phenoxy) is 1. The van der Waals surface area contributed by atoms with E-state index in [9.17, 15) is 29.6 Å². The van der Waals surface area contributed by atoms with Gasteiger partial charge in [-0.2, -0.15) is 0 Å². The lowest BCUT2D eigenvalue weighted by molar-refractivity contribution is -0.384. The van der Waals surface area contributed by atoms with Crippen LogP contribution in [0.15, 0.2) is 54.1 Å². The molecule has 1 aliphatic rings. The van der Waals surface area contributed by atoms with Gasteiger partial charge in [0.05, 0.1) is 16.5 Å². The van der Waals surface area contributed by atoms with Crippen molar-refractivity contribution < 1.29 is 29.2 Å². The van der Waals surface area contributed by atoms with E-state index in [4.69, 9.17) is 4.74 Å². The molecule has 0 bridgehead atoms. The first-order valence-corrected chi connectivity index (χ1v) is 10.1. The third-order valence-corrected chi connectivity index (χ3v) is 5.10. The summed E-state index contributed by atoms with van der Waals surface area (Å²) < 4.78 is 5.04. The fourth-order valence-corrected chi connectivity index (χ4v) is 3.57. The van der Waals surface area contributed by atoms with E-state index in [1.807, 2.05) is 6.92 Å². The van der Waals surface area contributed by atoms with Crippen LogP contribution in [-0.4, -0.2) is 39.1 Å². The predicted molar refractivity (Wildman–Crippen MR) is 115 cm³/mol. The molecule has 0 aliphatic carbocycles. The smallest absolute Gasteiger partial charge is 0.308 e. The molecule has 1 heterocycles. The molecule has 1 amide bonds. The first-order valence-electron chi connectivity index (χ1n) is 10.1. The van der Waals surface area contributed by atoms with E-state index in [1.54, 1.807) is 24.3 Å². The monoisotopic (exact) mass is 438 g/mol. The number of nitrogens with zero attached hydrogens (tertiary/aromatic N) is 2. The van der Waals surface area contributed by atoms with E-state index >= 15 is 0 Å². The van der Waals surface area contributed by atoms with E-state index in [0.717, 1.165) is 6.42 Å². The topological polar surface area (TPSA) is 127 Å². The highest BCUT2D eigenvalue weighted by Gasteiger charge is 2.45. The Morgan fingerprint density at radius 1 is 1.12 bits per heavy atom. The molecule has 1 unspecified atom stereocenters. The molecule has 3 rings (SSSR count). The summed E-state index contributed by atoms with van der Waals surface area (Å²) in [5, 5.41) is 21.8. The molecule has 0 spiro atoms. The molecule has 32 heavy (non-hydrogen) atoms. The number of unbranched alkanes of at least 4 members (excludes halogenated alkanes) is 1. The van der Waals surface area contributed by atoms with Crippen LogP contribution in [0.3, 0.4) is 0 Å². The minimum Gasteiger partial charge on any atom is -0.507 e. The van der Waals surface area contributed by atoms with Crippen molar-refractivity contribution in [3.63, 3.8) is 0 Å². The van der Waals surface area contributed by atoms with E-state index in [1.165, 1.54) is 36.1 Å². The molecule has 1 N–H and O–H groups in total. The van der Waals surface area contributed by atoms with Gasteiger partial charge in [-0.15, -0.1) is 0 Å². The Morgan fingerprint density at radius 3 is 2.28 bits per heavy atom. The van der Waals surface area contributed by atoms with Crippen LogP contribution in [-0.2, 0) is 14.4 Å². The Hall–Kier alpha value is -4.01. The zero-order valence-corrected chi connectivity index (χ0v) is 17.6. The maximum atomic E-state index is 12.9. The van der Waals surface area contributed by atoms with Gasteiger partial charge in [0.1, 0.15) is 11.5 Å². The van der Waals surface area contributed by atoms with Crippen LogP contribution < -0.4 is 4.74 Å². The van der Waals surface area contributed by atoms with Gasteiger partial charge in [-0.05, 0) is 36.2 Å². The van der Waals surface area contributed by atoms with Crippen molar-refractivity contribution in [2.24, 2.45) is 0 Å². The Labute approximate surface area is 184 Å². The molecule has 2 aromatic carbocycles. The molecular weight excluding hydrogens is 416 g/mol. The molecule has 0 aromatic heterocycles. The molecule has 166 valence electrons. The molecule has 1 aliphatic heterocycles. The lowest BCUT2D eigenvalue weighted by atomic mass is 9.95. The van der Waals surface area contributed by atoms with Crippen molar-refractivity contribution in [1.29, 1.82) is 0 Å². The Kier molecular flexibility index (Phi) is 6.67. The number of carbonyl (C=O) groups is 3. The number of rotatable bonds is 7. The lowest BCUT2D eigenvalue weighted by Gasteiger charge is -2.25. The molecule has 0 saturated carbocycles. The van der Waals surface area contributed by atoms with Gasteiger partial charge in [0.2, 0.25) is 0 Å². The number of non-ortho nitro benzene ring substituents is 1. The number of esters is 1. The predicted octanol–water partition coefficient (Wildman–Crippen LogP) is 3.74. The van der Waals surface area contributed by atoms with Gasteiger partial charge >= 0.3 is 5.97 Å². The molecule has 9 nitrogen and oxygen atoms in total. The lowest BCUT2D eigenvalue weighted by Crippen LogP contribution is -2.30. The fraction of sp³-hybridized carbons (Fsp3) is 0.261. The van der Waals surface area contributed by atoms with Gasteiger partial charge in [0, 0.05) is 31.2 Å². The van der Waals surface area contributed by atoms with Crippen molar-refractivity contribution in [2.75, 3.05) is 6.54 Å². The third-order valence-electron chi connectivity index (χ3n) is 5.10. The Bertz CT molecular complexity index is 1090. The van der Waals surface area contributed by atoms with E-state index in [0.29, 0.717) is 24.3 Å². The standard InChI is InChI=1S/C23H22N2O7/c1-3-4-13-24-20(15-7-11-18(12-8-15)32-14(2)26)19(22(28)23(24)29)21(27)16-5-9-17(10-6-16)25(30)31/h5-12,20,27H,3-4,13H2,1-2H3/b21-19-. The Balaban J connectivity index is 2.09. The van der Waals surface area contributed by atoms with Gasteiger partial charge in [-0.1, -0.05) is 25.5 Å². The minimum absolute atomic E-state index is 0.0970. The molecule has 2 aromatic rings. The number of hydrogen-bond acceptors (Lipinski definition) is 7. The molecule has 1 saturated heterocycles. The van der Waals surface area contributed by atoms with Crippen LogP contribution in [0, 0.1) is 10.1 Å². The number of likely N-dealkylation sites (tertiary alicyclic amines) is 1. The quantitative estimate of drug-likeness (QED) is 0.133. The summed E-state index contributed by atoms with van der Waals surface area (Å²) in [6.45, 7) is 3.54. The number of aliphatic hydroxyl groups excluding tert-OH is 1. The number of hydrogen-bond donors (Lipinski definition) is 1. The number of Topliss-reactive ketones (excluding diaryl/α,β-unsaturated/α-hetero) is 1. The maximum absolute atomic E-state index is 12.9. The average Bonchev–Trinajstić information content (AvgIpc) is 3.02. The summed E-state index contributed by atoms with van der Waals surface area (Å²) in [5.74, 6) is -2.14. The summed E-state index contributed by atoms with van der Waals surface area (Å²) >= 11 is 0. The van der Waals surface area contributed by atoms with Gasteiger partial charge in [0.25, 0.3) is 17.4 Å². The number of nitro benzene ring substituents is 1. The molecule has 9 heteroatoms. The van der Waals surface area contributed by atoms with Crippen LogP contribution in [0.25, 0.3) is 5.76 Å². The number of nitro groups is 1. The zero-order chi connectivity index (χ0) is 23.4. The molecular formula is C23H22N2O7. The first-order chi connectivity index (χ1) is 15.2. The number of carbonyl (C=O) groups excluding carboxylic acids is 3. The van der Waals surface area contributed by atoms with Crippen LogP contribution in [0.4, 0.5) is 5.69 Å². The molecule has 1 fully saturated rings. The zero-order valence-electron chi connectivity index (χ0n) is 17.6. The number of aliphatic hydroxyl groups is 1. The van der Waals surface area contributed by atoms with Crippen molar-refractivity contribution >= 4 is 29.1 Å². The van der Waals surface area contributed by atoms with Crippen LogP contribution in [0.2, 0.25) is 0 Å². The summed E-state index contributed by atoms with van der Waals surface area (Å²) in [7, 11) is 0.